The molecule has 1 aromatic carbocycles. The molecule has 0 fully saturated rings. The van der Waals surface area contributed by atoms with E-state index in [1.165, 1.54) is 24.3 Å². The quantitative estimate of drug-likeness (QED) is 0.452. The second kappa shape index (κ2) is 10.4. The van der Waals surface area contributed by atoms with E-state index in [0.717, 1.165) is 12.2 Å². The Morgan fingerprint density at radius 2 is 1.00 bits per heavy atom. The molecule has 0 atom stereocenters. The standard InChI is InChI=1S/C8H6O4.2CHNO/c9-7(10)5-1-2-6(4-3-5)8(11)12;2*2-1-3/h1-4H,(H,9,10)(H,11,12);2*2H. The molecule has 0 bridgehead atoms. The molecule has 1 aromatic rings. The number of rotatable bonds is 2. The summed E-state index contributed by atoms with van der Waals surface area (Å²) < 4.78 is 0. The van der Waals surface area contributed by atoms with Crippen molar-refractivity contribution in [1.82, 2.24) is 0 Å². The molecule has 1 rings (SSSR count). The van der Waals surface area contributed by atoms with E-state index < -0.39 is 11.9 Å². The van der Waals surface area contributed by atoms with Crippen LogP contribution in [0.15, 0.2) is 24.3 Å². The van der Waals surface area contributed by atoms with Gasteiger partial charge in [-0.2, -0.15) is 0 Å². The van der Waals surface area contributed by atoms with Gasteiger partial charge in [0.05, 0.1) is 11.1 Å². The fourth-order valence-electron chi connectivity index (χ4n) is 0.755. The van der Waals surface area contributed by atoms with E-state index in [4.69, 9.17) is 30.6 Å². The molecule has 0 heterocycles. The smallest absolute Gasteiger partial charge is 0.335 e. The van der Waals surface area contributed by atoms with Gasteiger partial charge in [0.25, 0.3) is 0 Å². The van der Waals surface area contributed by atoms with Crippen molar-refractivity contribution in [2.24, 2.45) is 0 Å². The summed E-state index contributed by atoms with van der Waals surface area (Å²) in [6.07, 6.45) is 1.50. The number of aromatic carboxylic acids is 2. The molecule has 0 aliphatic rings. The lowest BCUT2D eigenvalue weighted by atomic mass is 10.1. The van der Waals surface area contributed by atoms with Gasteiger partial charge in [-0.25, -0.2) is 30.0 Å². The maximum Gasteiger partial charge on any atom is 0.335 e. The molecule has 0 amide bonds. The van der Waals surface area contributed by atoms with Gasteiger partial charge in [-0.05, 0) is 24.3 Å². The topological polar surface area (TPSA) is 156 Å². The molecular weight excluding hydrogens is 244 g/mol. The summed E-state index contributed by atoms with van der Waals surface area (Å²) in [4.78, 5) is 37.4. The van der Waals surface area contributed by atoms with Gasteiger partial charge in [0.1, 0.15) is 0 Å². The molecule has 8 nitrogen and oxygen atoms in total. The second-order valence-corrected chi connectivity index (χ2v) is 2.39. The highest BCUT2D eigenvalue weighted by atomic mass is 16.4. The van der Waals surface area contributed by atoms with Crippen LogP contribution >= 0.6 is 0 Å². The van der Waals surface area contributed by atoms with Crippen molar-refractivity contribution >= 4 is 24.1 Å². The van der Waals surface area contributed by atoms with Gasteiger partial charge < -0.3 is 10.2 Å². The molecule has 0 aromatic heterocycles. The Morgan fingerprint density at radius 3 is 1.11 bits per heavy atom. The number of carbonyl (C=O) groups excluding carboxylic acids is 2. The number of nitrogens with one attached hydrogen (secondary N) is 2. The van der Waals surface area contributed by atoms with Gasteiger partial charge in [-0.1, -0.05) is 0 Å². The number of carboxylic acids is 2. The lowest BCUT2D eigenvalue weighted by Crippen LogP contribution is -1.99. The Morgan fingerprint density at radius 1 is 0.833 bits per heavy atom. The van der Waals surface area contributed by atoms with E-state index >= 15 is 0 Å². The van der Waals surface area contributed by atoms with Crippen LogP contribution in [0.3, 0.4) is 0 Å². The highest BCUT2D eigenvalue weighted by Gasteiger charge is 2.04. The van der Waals surface area contributed by atoms with Crippen molar-refractivity contribution in [3.8, 4) is 0 Å². The van der Waals surface area contributed by atoms with Crippen LogP contribution in [0, 0.1) is 10.8 Å². The highest BCUT2D eigenvalue weighted by molar-refractivity contribution is 5.91. The molecule has 8 heteroatoms. The van der Waals surface area contributed by atoms with Crippen molar-refractivity contribution in [3.63, 3.8) is 0 Å². The Labute approximate surface area is 101 Å². The van der Waals surface area contributed by atoms with Crippen molar-refractivity contribution in [2.45, 2.75) is 0 Å². The molecule has 18 heavy (non-hydrogen) atoms. The molecule has 0 radical (unpaired) electrons. The lowest BCUT2D eigenvalue weighted by molar-refractivity contribution is 0.0681. The van der Waals surface area contributed by atoms with Gasteiger partial charge in [0, 0.05) is 0 Å². The summed E-state index contributed by atoms with van der Waals surface area (Å²) in [5.74, 6) is -2.13. The van der Waals surface area contributed by atoms with Gasteiger partial charge in [-0.3, -0.25) is 0 Å². The van der Waals surface area contributed by atoms with Crippen LogP contribution in [0.5, 0.6) is 0 Å². The second-order valence-electron chi connectivity index (χ2n) is 2.39. The number of isocyanates is 2. The number of hydrogen-bond donors (Lipinski definition) is 4. The van der Waals surface area contributed by atoms with Crippen LogP contribution in [0.1, 0.15) is 20.7 Å². The summed E-state index contributed by atoms with van der Waals surface area (Å²) in [6, 6.07) is 5.02. The number of benzene rings is 1. The third-order valence-electron chi connectivity index (χ3n) is 1.38. The Kier molecular flexibility index (Phi) is 10.0. The number of carboxylic acid groups (broad SMARTS) is 2. The zero-order chi connectivity index (χ0) is 14.6. The molecule has 94 valence electrons. The lowest BCUT2D eigenvalue weighted by Gasteiger charge is -1.94. The van der Waals surface area contributed by atoms with E-state index in [1.54, 1.807) is 0 Å². The van der Waals surface area contributed by atoms with Crippen LogP contribution in [0.4, 0.5) is 0 Å². The van der Waals surface area contributed by atoms with E-state index in [9.17, 15) is 9.59 Å². The zero-order valence-corrected chi connectivity index (χ0v) is 8.84. The van der Waals surface area contributed by atoms with E-state index in [-0.39, 0.29) is 11.1 Å². The molecule has 0 saturated carbocycles. The van der Waals surface area contributed by atoms with Crippen molar-refractivity contribution in [2.75, 3.05) is 0 Å². The third-order valence-corrected chi connectivity index (χ3v) is 1.38. The third kappa shape index (κ3) is 8.25. The maximum atomic E-state index is 10.3. The average molecular weight is 252 g/mol. The zero-order valence-electron chi connectivity index (χ0n) is 8.84. The monoisotopic (exact) mass is 252 g/mol. The van der Waals surface area contributed by atoms with Crippen LogP contribution < -0.4 is 0 Å². The molecule has 4 N–H and O–H groups in total. The van der Waals surface area contributed by atoms with Crippen molar-refractivity contribution in [3.05, 3.63) is 35.4 Å². The molecule has 0 aliphatic heterocycles. The predicted molar refractivity (Wildman–Crippen MR) is 57.2 cm³/mol. The summed E-state index contributed by atoms with van der Waals surface area (Å²) in [5, 5.41) is 27.7. The van der Waals surface area contributed by atoms with E-state index in [0.29, 0.717) is 0 Å². The number of hydrogen-bond acceptors (Lipinski definition) is 6. The summed E-state index contributed by atoms with van der Waals surface area (Å²) in [7, 11) is 0. The normalized spacial score (nSPS) is 7.11. The molecule has 0 aliphatic carbocycles. The SMILES string of the molecule is N=C=O.N=C=O.O=C(O)c1ccc(C(=O)O)cc1. The Hall–Kier alpha value is -3.08. The Bertz CT molecular complexity index is 423. The fraction of sp³-hybridized carbons (Fsp3) is 0. The first-order chi connectivity index (χ1) is 8.44. The Balaban J connectivity index is 0. The van der Waals surface area contributed by atoms with Crippen LogP contribution in [0.2, 0.25) is 0 Å². The van der Waals surface area contributed by atoms with Gasteiger partial charge in [0.2, 0.25) is 12.2 Å². The maximum absolute atomic E-state index is 10.3. The van der Waals surface area contributed by atoms with Crippen molar-refractivity contribution < 1.29 is 29.4 Å². The fourth-order valence-corrected chi connectivity index (χ4v) is 0.755. The molecule has 0 spiro atoms. The first-order valence-electron chi connectivity index (χ1n) is 4.09. The van der Waals surface area contributed by atoms with Crippen LogP contribution in [-0.4, -0.2) is 34.3 Å². The largest absolute Gasteiger partial charge is 0.478 e. The van der Waals surface area contributed by atoms with Crippen LogP contribution in [-0.2, 0) is 9.59 Å². The predicted octanol–water partition coefficient (Wildman–Crippen LogP) is 0.885. The highest BCUT2D eigenvalue weighted by Crippen LogP contribution is 2.03. The van der Waals surface area contributed by atoms with E-state index in [2.05, 4.69) is 0 Å². The van der Waals surface area contributed by atoms with Crippen molar-refractivity contribution in [1.29, 1.82) is 10.8 Å². The van der Waals surface area contributed by atoms with Gasteiger partial charge >= 0.3 is 11.9 Å². The number of carbonyl (C=O) groups is 2. The summed E-state index contributed by atoms with van der Waals surface area (Å²) in [5.41, 5.74) is 0.167. The van der Waals surface area contributed by atoms with Gasteiger partial charge in [0.15, 0.2) is 0 Å². The van der Waals surface area contributed by atoms with Gasteiger partial charge in [-0.15, -0.1) is 0 Å². The minimum Gasteiger partial charge on any atom is -0.478 e. The minimum atomic E-state index is -1.06. The molecular formula is C10H8N2O6. The summed E-state index contributed by atoms with van der Waals surface area (Å²) in [6.45, 7) is 0. The summed E-state index contributed by atoms with van der Waals surface area (Å²) >= 11 is 0. The molecule has 0 unspecified atom stereocenters. The first-order valence-corrected chi connectivity index (χ1v) is 4.09. The van der Waals surface area contributed by atoms with Crippen LogP contribution in [0.25, 0.3) is 0 Å². The average Bonchev–Trinajstić information content (AvgIpc) is 2.31. The molecule has 0 saturated heterocycles. The minimum absolute atomic E-state index is 0.0833. The first kappa shape index (κ1) is 17.3. The van der Waals surface area contributed by atoms with E-state index in [1.807, 2.05) is 0 Å².